The number of piperidine rings is 1. The Labute approximate surface area is 174 Å². The zero-order valence-electron chi connectivity index (χ0n) is 17.0. The van der Waals surface area contributed by atoms with Crippen LogP contribution in [0.5, 0.6) is 5.75 Å². The molecular formula is C23H30N2O3S. The monoisotopic (exact) mass is 414 g/mol. The maximum absolute atomic E-state index is 12.4. The molecule has 1 N–H and O–H groups in total. The molecule has 0 saturated carbocycles. The highest BCUT2D eigenvalue weighted by Gasteiger charge is 2.21. The predicted molar refractivity (Wildman–Crippen MR) is 118 cm³/mol. The van der Waals surface area contributed by atoms with Gasteiger partial charge in [-0.15, -0.1) is 0 Å². The van der Waals surface area contributed by atoms with Crippen LogP contribution in [0.3, 0.4) is 0 Å². The van der Waals surface area contributed by atoms with Crippen LogP contribution in [0.25, 0.3) is 6.08 Å². The summed E-state index contributed by atoms with van der Waals surface area (Å²) < 4.78 is 32.9. The maximum Gasteiger partial charge on any atom is 0.215 e. The molecule has 0 aromatic heterocycles. The van der Waals surface area contributed by atoms with Crippen LogP contribution >= 0.6 is 0 Å². The second-order valence-electron chi connectivity index (χ2n) is 7.51. The van der Waals surface area contributed by atoms with Crippen molar-refractivity contribution in [2.75, 3.05) is 33.3 Å². The van der Waals surface area contributed by atoms with E-state index < -0.39 is 10.0 Å². The number of para-hydroxylation sites is 1. The SMILES string of the molecule is COc1ccccc1C=CCN1CCCC(CNS(=O)(=O)Cc2ccccc2)C1. The molecule has 1 saturated heterocycles. The third-order valence-corrected chi connectivity index (χ3v) is 6.51. The summed E-state index contributed by atoms with van der Waals surface area (Å²) in [6, 6.07) is 17.3. The van der Waals surface area contributed by atoms with E-state index in [1.807, 2.05) is 54.6 Å². The van der Waals surface area contributed by atoms with Gasteiger partial charge in [0.1, 0.15) is 5.75 Å². The minimum absolute atomic E-state index is 0.0337. The fourth-order valence-corrected chi connectivity index (χ4v) is 4.93. The standard InChI is InChI=1S/C23H30N2O3S/c1-28-23-14-6-5-12-22(23)13-8-16-25-15-7-11-21(18-25)17-24-29(26,27)19-20-9-3-2-4-10-20/h2-6,8-10,12-14,21,24H,7,11,15-19H2,1H3. The van der Waals surface area contributed by atoms with Gasteiger partial charge in [-0.3, -0.25) is 4.90 Å². The summed E-state index contributed by atoms with van der Waals surface area (Å²) in [6.45, 7) is 3.31. The lowest BCUT2D eigenvalue weighted by Gasteiger charge is -2.32. The van der Waals surface area contributed by atoms with Gasteiger partial charge in [0.25, 0.3) is 0 Å². The van der Waals surface area contributed by atoms with Crippen LogP contribution in [0.4, 0.5) is 0 Å². The predicted octanol–water partition coefficient (Wildman–Crippen LogP) is 3.54. The fraction of sp³-hybridized carbons (Fsp3) is 0.391. The topological polar surface area (TPSA) is 58.6 Å². The van der Waals surface area contributed by atoms with E-state index in [1.165, 1.54) is 0 Å². The number of nitrogens with zero attached hydrogens (tertiary/aromatic N) is 1. The van der Waals surface area contributed by atoms with E-state index in [4.69, 9.17) is 4.74 Å². The molecule has 1 unspecified atom stereocenters. The fourth-order valence-electron chi connectivity index (χ4n) is 3.71. The van der Waals surface area contributed by atoms with E-state index in [1.54, 1.807) is 7.11 Å². The molecule has 2 aromatic rings. The van der Waals surface area contributed by atoms with Crippen LogP contribution in [0.2, 0.25) is 0 Å². The van der Waals surface area contributed by atoms with Crippen molar-refractivity contribution in [1.82, 2.24) is 9.62 Å². The average Bonchev–Trinajstić information content (AvgIpc) is 2.73. The van der Waals surface area contributed by atoms with Crippen molar-refractivity contribution in [3.8, 4) is 5.75 Å². The first-order valence-corrected chi connectivity index (χ1v) is 11.7. The molecule has 0 amide bonds. The molecule has 5 nitrogen and oxygen atoms in total. The van der Waals surface area contributed by atoms with Crippen LogP contribution in [-0.4, -0.2) is 46.6 Å². The largest absolute Gasteiger partial charge is 0.496 e. The summed E-state index contributed by atoms with van der Waals surface area (Å²) in [5.41, 5.74) is 1.88. The molecule has 156 valence electrons. The Morgan fingerprint density at radius 2 is 1.90 bits per heavy atom. The smallest absolute Gasteiger partial charge is 0.215 e. The van der Waals surface area contributed by atoms with Gasteiger partial charge in [0.15, 0.2) is 0 Å². The molecule has 6 heteroatoms. The molecule has 0 aliphatic carbocycles. The number of methoxy groups -OCH3 is 1. The van der Waals surface area contributed by atoms with Gasteiger partial charge in [0.05, 0.1) is 12.9 Å². The lowest BCUT2D eigenvalue weighted by atomic mass is 9.98. The molecule has 0 bridgehead atoms. The number of benzene rings is 2. The summed E-state index contributed by atoms with van der Waals surface area (Å²) in [5.74, 6) is 1.24. The first-order chi connectivity index (χ1) is 14.1. The maximum atomic E-state index is 12.4. The van der Waals surface area contributed by atoms with Crippen molar-refractivity contribution in [2.45, 2.75) is 18.6 Å². The molecule has 1 heterocycles. The molecule has 3 rings (SSSR count). The highest BCUT2D eigenvalue weighted by atomic mass is 32.2. The average molecular weight is 415 g/mol. The van der Waals surface area contributed by atoms with Gasteiger partial charge in [0.2, 0.25) is 10.0 Å². The number of rotatable bonds is 9. The molecule has 2 aromatic carbocycles. The normalized spacial score (nSPS) is 18.2. The summed E-state index contributed by atoms with van der Waals surface area (Å²) in [7, 11) is -1.63. The van der Waals surface area contributed by atoms with Gasteiger partial charge in [-0.25, -0.2) is 13.1 Å². The van der Waals surface area contributed by atoms with E-state index >= 15 is 0 Å². The first-order valence-electron chi connectivity index (χ1n) is 10.1. The Balaban J connectivity index is 1.47. The highest BCUT2D eigenvalue weighted by molar-refractivity contribution is 7.88. The van der Waals surface area contributed by atoms with Crippen LogP contribution in [0.15, 0.2) is 60.7 Å². The van der Waals surface area contributed by atoms with Crippen molar-refractivity contribution >= 4 is 16.1 Å². The minimum Gasteiger partial charge on any atom is -0.496 e. The van der Waals surface area contributed by atoms with Crippen LogP contribution < -0.4 is 9.46 Å². The number of hydrogen-bond acceptors (Lipinski definition) is 4. The van der Waals surface area contributed by atoms with E-state index in [-0.39, 0.29) is 5.75 Å². The summed E-state index contributed by atoms with van der Waals surface area (Å²) >= 11 is 0. The molecule has 0 radical (unpaired) electrons. The molecule has 0 spiro atoms. The van der Waals surface area contributed by atoms with E-state index in [0.29, 0.717) is 12.5 Å². The van der Waals surface area contributed by atoms with Gasteiger partial charge in [-0.05, 0) is 36.9 Å². The van der Waals surface area contributed by atoms with Crippen molar-refractivity contribution < 1.29 is 13.2 Å². The molecule has 1 aliphatic heterocycles. The number of nitrogens with one attached hydrogen (secondary N) is 1. The van der Waals surface area contributed by atoms with Gasteiger partial charge >= 0.3 is 0 Å². The van der Waals surface area contributed by atoms with Crippen molar-refractivity contribution in [3.05, 3.63) is 71.8 Å². The van der Waals surface area contributed by atoms with Crippen molar-refractivity contribution in [2.24, 2.45) is 5.92 Å². The molecule has 1 atom stereocenters. The molecule has 1 fully saturated rings. The minimum atomic E-state index is -3.31. The molecule has 1 aliphatic rings. The number of sulfonamides is 1. The first kappa shape index (κ1) is 21.6. The second kappa shape index (κ2) is 10.6. The molecule has 29 heavy (non-hydrogen) atoms. The summed E-state index contributed by atoms with van der Waals surface area (Å²) in [5, 5.41) is 0. The Hall–Kier alpha value is -2.15. The van der Waals surface area contributed by atoms with Crippen LogP contribution in [0, 0.1) is 5.92 Å². The van der Waals surface area contributed by atoms with E-state index in [2.05, 4.69) is 21.8 Å². The highest BCUT2D eigenvalue weighted by Crippen LogP contribution is 2.20. The Bertz CT molecular complexity index is 897. The number of ether oxygens (including phenoxy) is 1. The third-order valence-electron chi connectivity index (χ3n) is 5.19. The Morgan fingerprint density at radius 1 is 1.14 bits per heavy atom. The zero-order valence-corrected chi connectivity index (χ0v) is 17.8. The van der Waals surface area contributed by atoms with Gasteiger partial charge in [-0.1, -0.05) is 60.7 Å². The lowest BCUT2D eigenvalue weighted by molar-refractivity contribution is 0.192. The zero-order chi connectivity index (χ0) is 20.5. The molecular weight excluding hydrogens is 384 g/mol. The Kier molecular flexibility index (Phi) is 7.86. The van der Waals surface area contributed by atoms with Gasteiger partial charge < -0.3 is 4.74 Å². The second-order valence-corrected chi connectivity index (χ2v) is 9.31. The summed E-state index contributed by atoms with van der Waals surface area (Å²) in [6.07, 6.45) is 6.39. The number of likely N-dealkylation sites (tertiary alicyclic amines) is 1. The van der Waals surface area contributed by atoms with E-state index in [0.717, 1.165) is 49.4 Å². The van der Waals surface area contributed by atoms with E-state index in [9.17, 15) is 8.42 Å². The van der Waals surface area contributed by atoms with Gasteiger partial charge in [0, 0.05) is 25.2 Å². The summed E-state index contributed by atoms with van der Waals surface area (Å²) in [4.78, 5) is 2.38. The van der Waals surface area contributed by atoms with Crippen LogP contribution in [-0.2, 0) is 15.8 Å². The van der Waals surface area contributed by atoms with Crippen LogP contribution in [0.1, 0.15) is 24.0 Å². The Morgan fingerprint density at radius 3 is 2.69 bits per heavy atom. The third kappa shape index (κ3) is 6.99. The van der Waals surface area contributed by atoms with Crippen molar-refractivity contribution in [1.29, 1.82) is 0 Å². The number of hydrogen-bond donors (Lipinski definition) is 1. The lowest BCUT2D eigenvalue weighted by Crippen LogP contribution is -2.41. The van der Waals surface area contributed by atoms with Gasteiger partial charge in [-0.2, -0.15) is 0 Å². The quantitative estimate of drug-likeness (QED) is 0.682. The van der Waals surface area contributed by atoms with Crippen molar-refractivity contribution in [3.63, 3.8) is 0 Å².